The number of methoxy groups -OCH3 is 1. The molecule has 0 aromatic heterocycles. The third-order valence-electron chi connectivity index (χ3n) is 2.08. The topological polar surface area (TPSA) is 9.23 Å². The number of halogens is 2. The van der Waals surface area contributed by atoms with Crippen LogP contribution in [0.3, 0.4) is 0 Å². The van der Waals surface area contributed by atoms with Crippen molar-refractivity contribution in [1.82, 2.24) is 0 Å². The molecule has 0 spiro atoms. The van der Waals surface area contributed by atoms with Crippen LogP contribution in [0.1, 0.15) is 19.4 Å². The first-order valence-corrected chi connectivity index (χ1v) is 5.57. The molecule has 0 aliphatic rings. The molecule has 1 aromatic rings. The van der Waals surface area contributed by atoms with Crippen LogP contribution in [0.5, 0.6) is 0 Å². The highest BCUT2D eigenvalue weighted by molar-refractivity contribution is 9.11. The van der Waals surface area contributed by atoms with Gasteiger partial charge in [0, 0.05) is 21.6 Å². The van der Waals surface area contributed by atoms with Gasteiger partial charge in [0.05, 0.1) is 5.60 Å². The number of ether oxygens (including phenoxy) is 1. The predicted molar refractivity (Wildman–Crippen MR) is 61.9 cm³/mol. The van der Waals surface area contributed by atoms with Gasteiger partial charge in [0.25, 0.3) is 0 Å². The fraction of sp³-hybridized carbons (Fsp3) is 0.400. The molecule has 1 nitrogen and oxygen atoms in total. The minimum Gasteiger partial charge on any atom is -0.374 e. The second-order valence-corrected chi connectivity index (χ2v) is 5.02. The molecule has 0 saturated carbocycles. The Balaban J connectivity index is 3.28. The van der Waals surface area contributed by atoms with Crippen molar-refractivity contribution in [3.05, 3.63) is 32.7 Å². The zero-order valence-electron chi connectivity index (χ0n) is 7.90. The summed E-state index contributed by atoms with van der Waals surface area (Å²) in [7, 11) is 1.71. The van der Waals surface area contributed by atoms with Gasteiger partial charge in [-0.1, -0.05) is 37.9 Å². The van der Waals surface area contributed by atoms with E-state index in [0.717, 1.165) is 14.5 Å². The molecule has 0 heterocycles. The molecule has 0 saturated heterocycles. The summed E-state index contributed by atoms with van der Waals surface area (Å²) >= 11 is 7.03. The Morgan fingerprint density at radius 2 is 1.62 bits per heavy atom. The minimum atomic E-state index is -0.279. The molecule has 13 heavy (non-hydrogen) atoms. The van der Waals surface area contributed by atoms with Crippen LogP contribution in [0.2, 0.25) is 0 Å². The van der Waals surface area contributed by atoms with Crippen LogP contribution in [0.4, 0.5) is 0 Å². The molecule has 0 atom stereocenters. The van der Waals surface area contributed by atoms with E-state index in [1.165, 1.54) is 0 Å². The van der Waals surface area contributed by atoms with E-state index in [1.54, 1.807) is 7.11 Å². The molecular formula is C10H12Br2O. The molecule has 72 valence electrons. The lowest BCUT2D eigenvalue weighted by atomic mass is 9.98. The van der Waals surface area contributed by atoms with E-state index in [9.17, 15) is 0 Å². The maximum Gasteiger partial charge on any atom is 0.0893 e. The van der Waals surface area contributed by atoms with Gasteiger partial charge in [-0.05, 0) is 26.0 Å². The lowest BCUT2D eigenvalue weighted by Crippen LogP contribution is -2.20. The highest BCUT2D eigenvalue weighted by Gasteiger charge is 2.24. The van der Waals surface area contributed by atoms with Crippen molar-refractivity contribution in [2.45, 2.75) is 19.4 Å². The van der Waals surface area contributed by atoms with Gasteiger partial charge in [0.1, 0.15) is 0 Å². The zero-order valence-corrected chi connectivity index (χ0v) is 11.1. The van der Waals surface area contributed by atoms with Crippen molar-refractivity contribution in [3.63, 3.8) is 0 Å². The fourth-order valence-corrected chi connectivity index (χ4v) is 3.13. The standard InChI is InChI=1S/C10H12Br2O/c1-10(2,13-3)9-7(11)5-4-6-8(9)12/h4-6H,1-3H3. The van der Waals surface area contributed by atoms with Crippen molar-refractivity contribution in [2.24, 2.45) is 0 Å². The molecular weight excluding hydrogens is 296 g/mol. The second-order valence-electron chi connectivity index (χ2n) is 3.31. The summed E-state index contributed by atoms with van der Waals surface area (Å²) in [5.74, 6) is 0. The molecule has 1 aromatic carbocycles. The number of rotatable bonds is 2. The third-order valence-corrected chi connectivity index (χ3v) is 3.40. The van der Waals surface area contributed by atoms with Crippen molar-refractivity contribution in [2.75, 3.05) is 7.11 Å². The summed E-state index contributed by atoms with van der Waals surface area (Å²) < 4.78 is 7.55. The fourth-order valence-electron chi connectivity index (χ4n) is 1.18. The van der Waals surface area contributed by atoms with Crippen molar-refractivity contribution in [3.8, 4) is 0 Å². The molecule has 0 aliphatic carbocycles. The predicted octanol–water partition coefficient (Wildman–Crippen LogP) is 4.09. The molecule has 0 fully saturated rings. The lowest BCUT2D eigenvalue weighted by Gasteiger charge is -2.25. The van der Waals surface area contributed by atoms with Crippen molar-refractivity contribution < 1.29 is 4.74 Å². The van der Waals surface area contributed by atoms with Crippen LogP contribution < -0.4 is 0 Å². The van der Waals surface area contributed by atoms with Crippen molar-refractivity contribution >= 4 is 31.9 Å². The first kappa shape index (κ1) is 11.2. The van der Waals surface area contributed by atoms with E-state index in [2.05, 4.69) is 31.9 Å². The van der Waals surface area contributed by atoms with Crippen LogP contribution in [0, 0.1) is 0 Å². The zero-order chi connectivity index (χ0) is 10.1. The Hall–Kier alpha value is 0.140. The second kappa shape index (κ2) is 4.11. The van der Waals surface area contributed by atoms with E-state index < -0.39 is 0 Å². The Kier molecular flexibility index (Phi) is 3.55. The molecule has 0 aliphatic heterocycles. The average Bonchev–Trinajstić information content (AvgIpc) is 2.03. The molecule has 0 unspecified atom stereocenters. The van der Waals surface area contributed by atoms with Crippen molar-refractivity contribution in [1.29, 1.82) is 0 Å². The molecule has 0 radical (unpaired) electrons. The lowest BCUT2D eigenvalue weighted by molar-refractivity contribution is 0.0180. The van der Waals surface area contributed by atoms with Crippen LogP contribution >= 0.6 is 31.9 Å². The van der Waals surface area contributed by atoms with Crippen LogP contribution in [0.25, 0.3) is 0 Å². The minimum absolute atomic E-state index is 0.279. The summed E-state index contributed by atoms with van der Waals surface area (Å²) in [6.45, 7) is 4.08. The first-order valence-electron chi connectivity index (χ1n) is 3.98. The van der Waals surface area contributed by atoms with E-state index in [-0.39, 0.29) is 5.60 Å². The maximum atomic E-state index is 5.43. The SMILES string of the molecule is COC(C)(C)c1c(Br)cccc1Br. The smallest absolute Gasteiger partial charge is 0.0893 e. The third kappa shape index (κ3) is 2.33. The summed E-state index contributed by atoms with van der Waals surface area (Å²) in [6, 6.07) is 6.02. The van der Waals surface area contributed by atoms with E-state index in [4.69, 9.17) is 4.74 Å². The summed E-state index contributed by atoms with van der Waals surface area (Å²) in [5, 5.41) is 0. The highest BCUT2D eigenvalue weighted by atomic mass is 79.9. The average molecular weight is 308 g/mol. The normalized spacial score (nSPS) is 11.8. The highest BCUT2D eigenvalue weighted by Crippen LogP contribution is 2.36. The number of benzene rings is 1. The van der Waals surface area contributed by atoms with Crippen LogP contribution in [0.15, 0.2) is 27.1 Å². The molecule has 0 N–H and O–H groups in total. The Morgan fingerprint density at radius 3 is 2.00 bits per heavy atom. The summed E-state index contributed by atoms with van der Waals surface area (Å²) in [5.41, 5.74) is 0.858. The van der Waals surface area contributed by atoms with Crippen LogP contribution in [-0.4, -0.2) is 7.11 Å². The monoisotopic (exact) mass is 306 g/mol. The van der Waals surface area contributed by atoms with E-state index in [1.807, 2.05) is 32.0 Å². The molecule has 0 bridgehead atoms. The van der Waals surface area contributed by atoms with Gasteiger partial charge in [0.15, 0.2) is 0 Å². The summed E-state index contributed by atoms with van der Waals surface area (Å²) in [4.78, 5) is 0. The summed E-state index contributed by atoms with van der Waals surface area (Å²) in [6.07, 6.45) is 0. The van der Waals surface area contributed by atoms with Gasteiger partial charge >= 0.3 is 0 Å². The van der Waals surface area contributed by atoms with Gasteiger partial charge in [-0.3, -0.25) is 0 Å². The molecule has 1 rings (SSSR count). The van der Waals surface area contributed by atoms with Gasteiger partial charge in [-0.2, -0.15) is 0 Å². The molecule has 0 amide bonds. The first-order chi connectivity index (χ1) is 5.99. The van der Waals surface area contributed by atoms with Crippen LogP contribution in [-0.2, 0) is 10.3 Å². The molecule has 3 heteroatoms. The Morgan fingerprint density at radius 1 is 1.15 bits per heavy atom. The Bertz CT molecular complexity index is 288. The number of hydrogen-bond acceptors (Lipinski definition) is 1. The van der Waals surface area contributed by atoms with E-state index in [0.29, 0.717) is 0 Å². The van der Waals surface area contributed by atoms with E-state index >= 15 is 0 Å². The van der Waals surface area contributed by atoms with Gasteiger partial charge in [-0.15, -0.1) is 0 Å². The number of hydrogen-bond donors (Lipinski definition) is 0. The maximum absolute atomic E-state index is 5.43. The van der Waals surface area contributed by atoms with Gasteiger partial charge in [0.2, 0.25) is 0 Å². The quantitative estimate of drug-likeness (QED) is 0.799. The van der Waals surface area contributed by atoms with Gasteiger partial charge < -0.3 is 4.74 Å². The largest absolute Gasteiger partial charge is 0.374 e. The van der Waals surface area contributed by atoms with Gasteiger partial charge in [-0.25, -0.2) is 0 Å². The Labute approximate surface area is 95.7 Å².